The lowest BCUT2D eigenvalue weighted by Crippen LogP contribution is -2.46. The van der Waals surface area contributed by atoms with Crippen LogP contribution in [0.15, 0.2) is 36.7 Å². The molecule has 1 saturated heterocycles. The number of hydrogen-bond acceptors (Lipinski definition) is 7. The maximum atomic E-state index is 13.4. The van der Waals surface area contributed by atoms with Crippen LogP contribution in [0, 0.1) is 5.92 Å². The molecule has 0 aliphatic carbocycles. The predicted molar refractivity (Wildman–Crippen MR) is 143 cm³/mol. The molecular weight excluding hydrogens is 561 g/mol. The zero-order chi connectivity index (χ0) is 25.1. The van der Waals surface area contributed by atoms with Gasteiger partial charge in [-0.15, -0.1) is 0 Å². The molecule has 10 nitrogen and oxygen atoms in total. The second kappa shape index (κ2) is 10.8. The van der Waals surface area contributed by atoms with Crippen LogP contribution in [-0.2, 0) is 9.59 Å². The Labute approximate surface area is 218 Å². The first-order valence-corrected chi connectivity index (χ1v) is 12.5. The normalized spacial score (nSPS) is 19.1. The molecular formula is C24H30IN7O3. The van der Waals surface area contributed by atoms with E-state index in [1.807, 2.05) is 31.3 Å². The molecule has 0 bridgehead atoms. The lowest BCUT2D eigenvalue weighted by Gasteiger charge is -2.38. The summed E-state index contributed by atoms with van der Waals surface area (Å²) in [4.78, 5) is 32.1. The van der Waals surface area contributed by atoms with E-state index in [1.54, 1.807) is 4.90 Å². The van der Waals surface area contributed by atoms with Gasteiger partial charge in [-0.25, -0.2) is 8.10 Å². The quantitative estimate of drug-likeness (QED) is 0.227. The van der Waals surface area contributed by atoms with Gasteiger partial charge in [-0.3, -0.25) is 14.7 Å². The van der Waals surface area contributed by atoms with Crippen LogP contribution in [-0.4, -0.2) is 61.3 Å². The Hall–Kier alpha value is -2.93. The van der Waals surface area contributed by atoms with E-state index in [9.17, 15) is 9.59 Å². The van der Waals surface area contributed by atoms with E-state index in [-0.39, 0.29) is 12.1 Å². The summed E-state index contributed by atoms with van der Waals surface area (Å²) in [6, 6.07) is 7.83. The molecule has 4 rings (SSSR count). The molecule has 0 unspecified atom stereocenters. The van der Waals surface area contributed by atoms with Crippen molar-refractivity contribution in [1.29, 1.82) is 0 Å². The predicted octanol–water partition coefficient (Wildman–Crippen LogP) is 3.53. The highest BCUT2D eigenvalue weighted by Gasteiger charge is 2.34. The van der Waals surface area contributed by atoms with Gasteiger partial charge in [0.05, 0.1) is 41.1 Å². The van der Waals surface area contributed by atoms with Gasteiger partial charge < -0.3 is 20.7 Å². The number of amides is 2. The van der Waals surface area contributed by atoms with E-state index in [1.165, 1.54) is 12.4 Å². The van der Waals surface area contributed by atoms with Gasteiger partial charge in [-0.2, -0.15) is 5.10 Å². The Balaban J connectivity index is 1.52. The molecule has 2 aromatic heterocycles. The average Bonchev–Trinajstić information content (AvgIpc) is 3.35. The Kier molecular flexibility index (Phi) is 7.75. The van der Waals surface area contributed by atoms with Gasteiger partial charge in [-0.1, -0.05) is 19.1 Å². The third kappa shape index (κ3) is 5.67. The number of likely N-dealkylation sites (tertiary alicyclic amines) is 1. The molecule has 0 radical (unpaired) electrons. The third-order valence-corrected chi connectivity index (χ3v) is 7.33. The van der Waals surface area contributed by atoms with Gasteiger partial charge in [0, 0.05) is 29.4 Å². The molecule has 1 aromatic carbocycles. The molecule has 35 heavy (non-hydrogen) atoms. The number of hydrogen-bond donors (Lipinski definition) is 3. The van der Waals surface area contributed by atoms with Crippen LogP contribution in [0.5, 0.6) is 5.75 Å². The van der Waals surface area contributed by atoms with E-state index in [0.717, 1.165) is 24.2 Å². The van der Waals surface area contributed by atoms with Crippen LogP contribution >= 0.6 is 22.9 Å². The Morgan fingerprint density at radius 2 is 2.17 bits per heavy atom. The number of anilines is 2. The fourth-order valence-electron chi connectivity index (χ4n) is 4.21. The van der Waals surface area contributed by atoms with Gasteiger partial charge in [-0.05, 0) is 50.4 Å². The molecule has 11 heteroatoms. The van der Waals surface area contributed by atoms with E-state index in [2.05, 4.69) is 60.3 Å². The Morgan fingerprint density at radius 3 is 2.94 bits per heavy atom. The Bertz CT molecular complexity index is 1210. The number of nitrogen functional groups attached to an aromatic ring is 1. The summed E-state index contributed by atoms with van der Waals surface area (Å²) in [5.41, 5.74) is 7.71. The second-order valence-electron chi connectivity index (χ2n) is 9.08. The topological polar surface area (TPSA) is 129 Å². The zero-order valence-electron chi connectivity index (χ0n) is 20.0. The van der Waals surface area contributed by atoms with Gasteiger partial charge in [0.1, 0.15) is 18.2 Å². The molecule has 0 spiro atoms. The Morgan fingerprint density at radius 1 is 1.37 bits per heavy atom. The monoisotopic (exact) mass is 591 g/mol. The largest absolute Gasteiger partial charge is 0.492 e. The standard InChI is InChI=1S/C24H30IN7O3/c1-14-7-8-20(16-5-4-6-17(9-16)35-13-15(2)31(3)25)32(12-14)24(34)23(33)29-19-11-27-22(26)18-10-28-30-21(18)19/h4-6,9-11,14-15,20H,7-8,12-13H2,1-3H3,(H2,26,27)(H,28,30)(H,29,33)/t14-,15+,20+/m0/s1. The summed E-state index contributed by atoms with van der Waals surface area (Å²) < 4.78 is 8.06. The highest BCUT2D eigenvalue weighted by atomic mass is 127. The number of halogens is 1. The summed E-state index contributed by atoms with van der Waals surface area (Å²) in [6.07, 6.45) is 4.69. The van der Waals surface area contributed by atoms with E-state index < -0.39 is 11.8 Å². The summed E-state index contributed by atoms with van der Waals surface area (Å²) >= 11 is 2.24. The minimum absolute atomic E-state index is 0.214. The zero-order valence-corrected chi connectivity index (χ0v) is 22.2. The number of benzene rings is 1. The summed E-state index contributed by atoms with van der Waals surface area (Å²) in [6.45, 7) is 5.23. The first-order valence-electron chi connectivity index (χ1n) is 11.6. The van der Waals surface area contributed by atoms with Crippen molar-refractivity contribution in [1.82, 2.24) is 23.2 Å². The van der Waals surface area contributed by atoms with E-state index in [0.29, 0.717) is 41.5 Å². The second-order valence-corrected chi connectivity index (χ2v) is 10.6. The number of pyridine rings is 1. The van der Waals surface area contributed by atoms with Gasteiger partial charge in [0.2, 0.25) is 0 Å². The number of nitrogens with zero attached hydrogens (tertiary/aromatic N) is 4. The van der Waals surface area contributed by atoms with E-state index in [4.69, 9.17) is 10.5 Å². The van der Waals surface area contributed by atoms with Crippen molar-refractivity contribution in [2.75, 3.05) is 31.2 Å². The van der Waals surface area contributed by atoms with Crippen LogP contribution < -0.4 is 15.8 Å². The van der Waals surface area contributed by atoms with Crippen LogP contribution in [0.4, 0.5) is 11.5 Å². The van der Waals surface area contributed by atoms with Crippen molar-refractivity contribution in [2.24, 2.45) is 5.92 Å². The molecule has 3 atom stereocenters. The van der Waals surface area contributed by atoms with Gasteiger partial charge >= 0.3 is 11.8 Å². The van der Waals surface area contributed by atoms with Crippen molar-refractivity contribution in [3.63, 3.8) is 0 Å². The molecule has 4 N–H and O–H groups in total. The SMILES string of the molecule is C[C@H]1CC[C@H](c2cccc(OC[C@@H](C)N(C)I)c2)N(C(=O)C(=O)Nc2cnc(N)c3cn[nH]c23)C1. The maximum absolute atomic E-state index is 13.4. The molecule has 186 valence electrons. The third-order valence-electron chi connectivity index (χ3n) is 6.38. The number of H-pyrrole nitrogens is 1. The van der Waals surface area contributed by atoms with Gasteiger partial charge in [0.25, 0.3) is 0 Å². The van der Waals surface area contributed by atoms with E-state index >= 15 is 0 Å². The number of nitrogens with two attached hydrogens (primary N) is 1. The number of nitrogens with one attached hydrogen (secondary N) is 2. The highest BCUT2D eigenvalue weighted by Crippen LogP contribution is 2.35. The van der Waals surface area contributed by atoms with Crippen molar-refractivity contribution >= 4 is 57.1 Å². The summed E-state index contributed by atoms with van der Waals surface area (Å²) in [7, 11) is 2.00. The van der Waals surface area contributed by atoms with Crippen LogP contribution in [0.3, 0.4) is 0 Å². The van der Waals surface area contributed by atoms with Crippen molar-refractivity contribution < 1.29 is 14.3 Å². The maximum Gasteiger partial charge on any atom is 0.314 e. The van der Waals surface area contributed by atoms with Gasteiger partial charge in [0.15, 0.2) is 0 Å². The van der Waals surface area contributed by atoms with Crippen molar-refractivity contribution in [3.8, 4) is 5.75 Å². The van der Waals surface area contributed by atoms with Crippen LogP contribution in [0.2, 0.25) is 0 Å². The summed E-state index contributed by atoms with van der Waals surface area (Å²) in [5, 5.41) is 10.0. The molecule has 1 fully saturated rings. The number of carbonyl (C=O) groups is 2. The fraction of sp³-hybridized carbons (Fsp3) is 0.417. The average molecular weight is 591 g/mol. The number of likely N-dealkylation sites (N-methyl/N-ethyl adjacent to an activating group) is 1. The first-order chi connectivity index (χ1) is 16.7. The van der Waals surface area contributed by atoms with Crippen molar-refractivity contribution in [2.45, 2.75) is 38.8 Å². The first kappa shape index (κ1) is 25.2. The molecule has 2 amide bonds. The highest BCUT2D eigenvalue weighted by molar-refractivity contribution is 14.1. The number of ether oxygens (including phenoxy) is 1. The number of carbonyl (C=O) groups excluding carboxylic acids is 2. The molecule has 3 aromatic rings. The smallest absolute Gasteiger partial charge is 0.314 e. The number of rotatable bonds is 6. The number of piperidine rings is 1. The molecule has 1 aliphatic rings. The molecule has 1 aliphatic heterocycles. The molecule has 0 saturated carbocycles. The lowest BCUT2D eigenvalue weighted by molar-refractivity contribution is -0.146. The van der Waals surface area contributed by atoms with Crippen molar-refractivity contribution in [3.05, 3.63) is 42.2 Å². The van der Waals surface area contributed by atoms with Crippen LogP contribution in [0.25, 0.3) is 10.9 Å². The summed E-state index contributed by atoms with van der Waals surface area (Å²) in [5.74, 6) is 0.0256. The van der Waals surface area contributed by atoms with Crippen LogP contribution in [0.1, 0.15) is 38.3 Å². The number of aromatic amines is 1. The molecule has 3 heterocycles. The lowest BCUT2D eigenvalue weighted by atomic mass is 9.89. The minimum Gasteiger partial charge on any atom is -0.492 e. The number of aromatic nitrogens is 3. The number of fused-ring (bicyclic) bond motifs is 1. The fourth-order valence-corrected chi connectivity index (χ4v) is 4.37. The minimum atomic E-state index is -0.724.